The topological polar surface area (TPSA) is 96.6 Å². The molecule has 0 bridgehead atoms. The zero-order valence-corrected chi connectivity index (χ0v) is 20.3. The SMILES string of the molecule is CN(C)Cc1cc(-c2nc(-c3cc(F)c4c(c3)CCNC4=O)c(N)nc2F)ccc1N1CCOCC1. The molecule has 0 radical (unpaired) electrons. The number of carbonyl (C=O) groups excluding carboxylic acids is 1. The van der Waals surface area contributed by atoms with Gasteiger partial charge in [-0.05, 0) is 55.9 Å². The number of halogens is 2. The van der Waals surface area contributed by atoms with Gasteiger partial charge in [0.2, 0.25) is 5.95 Å². The number of nitrogens with two attached hydrogens (primary N) is 1. The summed E-state index contributed by atoms with van der Waals surface area (Å²) in [6.45, 7) is 3.93. The number of aromatic nitrogens is 2. The molecule has 36 heavy (non-hydrogen) atoms. The number of fused-ring (bicyclic) bond motifs is 1. The zero-order valence-electron chi connectivity index (χ0n) is 20.3. The molecule has 1 saturated heterocycles. The number of ether oxygens (including phenoxy) is 1. The minimum atomic E-state index is -0.802. The molecule has 5 rings (SSSR count). The fourth-order valence-corrected chi connectivity index (χ4v) is 4.79. The highest BCUT2D eigenvalue weighted by Gasteiger charge is 2.24. The molecule has 0 saturated carbocycles. The largest absolute Gasteiger partial charge is 0.382 e. The van der Waals surface area contributed by atoms with E-state index < -0.39 is 17.7 Å². The Morgan fingerprint density at radius 1 is 1.08 bits per heavy atom. The molecule has 2 aliphatic rings. The summed E-state index contributed by atoms with van der Waals surface area (Å²) in [5, 5.41) is 2.64. The predicted octanol–water partition coefficient (Wildman–Crippen LogP) is 2.86. The van der Waals surface area contributed by atoms with Crippen molar-refractivity contribution in [2.75, 3.05) is 57.6 Å². The van der Waals surface area contributed by atoms with Gasteiger partial charge in [0.15, 0.2) is 5.82 Å². The molecule has 0 atom stereocenters. The maximum absolute atomic E-state index is 15.1. The highest BCUT2D eigenvalue weighted by atomic mass is 19.1. The molecule has 1 aromatic heterocycles. The molecule has 188 valence electrons. The summed E-state index contributed by atoms with van der Waals surface area (Å²) in [6.07, 6.45) is 0.476. The first kappa shape index (κ1) is 24.1. The van der Waals surface area contributed by atoms with Crippen molar-refractivity contribution < 1.29 is 18.3 Å². The second kappa shape index (κ2) is 9.79. The van der Waals surface area contributed by atoms with Gasteiger partial charge >= 0.3 is 0 Å². The van der Waals surface area contributed by atoms with Gasteiger partial charge in [-0.3, -0.25) is 4.79 Å². The summed E-state index contributed by atoms with van der Waals surface area (Å²) in [6, 6.07) is 8.57. The van der Waals surface area contributed by atoms with E-state index in [0.717, 1.165) is 24.3 Å². The number of amides is 1. The fraction of sp³-hybridized carbons (Fsp3) is 0.346. The van der Waals surface area contributed by atoms with Crippen LogP contribution in [-0.4, -0.2) is 67.7 Å². The van der Waals surface area contributed by atoms with Crippen molar-refractivity contribution in [1.82, 2.24) is 20.2 Å². The van der Waals surface area contributed by atoms with Gasteiger partial charge in [0.05, 0.1) is 18.8 Å². The standard InChI is InChI=1S/C26H28F2N6O2/c1-33(2)14-18-12-16(3-4-20(18)34-7-9-36-10-8-34)22-24(28)32-25(29)23(31-22)17-11-15-5-6-30-26(35)21(15)19(27)13-17/h3-4,11-13H,5-10,14H2,1-2H3,(H2,29,32)(H,30,35). The van der Waals surface area contributed by atoms with E-state index in [1.807, 2.05) is 37.2 Å². The molecule has 8 nitrogen and oxygen atoms in total. The third-order valence-corrected chi connectivity index (χ3v) is 6.42. The van der Waals surface area contributed by atoms with Crippen LogP contribution in [0.3, 0.4) is 0 Å². The Balaban J connectivity index is 1.58. The number of nitrogens with one attached hydrogen (secondary N) is 1. The van der Waals surface area contributed by atoms with Crippen LogP contribution >= 0.6 is 0 Å². The highest BCUT2D eigenvalue weighted by molar-refractivity contribution is 5.97. The van der Waals surface area contributed by atoms with Crippen molar-refractivity contribution in [1.29, 1.82) is 0 Å². The molecule has 3 aromatic rings. The first-order valence-electron chi connectivity index (χ1n) is 11.9. The molecule has 0 aliphatic carbocycles. The molecule has 3 N–H and O–H groups in total. The Bertz CT molecular complexity index is 1320. The van der Waals surface area contributed by atoms with E-state index in [9.17, 15) is 9.18 Å². The summed E-state index contributed by atoms with van der Waals surface area (Å²) in [4.78, 5) is 24.8. The van der Waals surface area contributed by atoms with Gasteiger partial charge in [-0.2, -0.15) is 9.37 Å². The van der Waals surface area contributed by atoms with Crippen LogP contribution in [0, 0.1) is 11.8 Å². The first-order chi connectivity index (χ1) is 17.3. The fourth-order valence-electron chi connectivity index (χ4n) is 4.79. The van der Waals surface area contributed by atoms with Crippen LogP contribution in [0.2, 0.25) is 0 Å². The van der Waals surface area contributed by atoms with E-state index in [2.05, 4.69) is 20.2 Å². The monoisotopic (exact) mass is 494 g/mol. The van der Waals surface area contributed by atoms with Crippen LogP contribution in [0.25, 0.3) is 22.5 Å². The van der Waals surface area contributed by atoms with E-state index in [4.69, 9.17) is 10.5 Å². The molecule has 1 amide bonds. The third kappa shape index (κ3) is 4.61. The summed E-state index contributed by atoms with van der Waals surface area (Å²) in [5.41, 5.74) is 9.80. The Kier molecular flexibility index (Phi) is 6.55. The average molecular weight is 495 g/mol. The lowest BCUT2D eigenvalue weighted by Crippen LogP contribution is -2.37. The van der Waals surface area contributed by atoms with Gasteiger partial charge in [0.1, 0.15) is 17.2 Å². The first-order valence-corrected chi connectivity index (χ1v) is 11.9. The molecule has 1 fully saturated rings. The van der Waals surface area contributed by atoms with Crippen LogP contribution in [-0.2, 0) is 17.7 Å². The maximum atomic E-state index is 15.1. The van der Waals surface area contributed by atoms with Crippen molar-refractivity contribution in [2.45, 2.75) is 13.0 Å². The van der Waals surface area contributed by atoms with Crippen LogP contribution in [0.4, 0.5) is 20.3 Å². The smallest absolute Gasteiger partial charge is 0.254 e. The minimum Gasteiger partial charge on any atom is -0.382 e. The van der Waals surface area contributed by atoms with Crippen molar-refractivity contribution in [3.63, 3.8) is 0 Å². The second-order valence-electron chi connectivity index (χ2n) is 9.28. The lowest BCUT2D eigenvalue weighted by atomic mass is 9.95. The number of hydrogen-bond donors (Lipinski definition) is 2. The molecule has 2 aromatic carbocycles. The number of nitrogens with zero attached hydrogens (tertiary/aromatic N) is 4. The second-order valence-corrected chi connectivity index (χ2v) is 9.28. The van der Waals surface area contributed by atoms with Gasteiger partial charge in [0.25, 0.3) is 5.91 Å². The van der Waals surface area contributed by atoms with Crippen LogP contribution in [0.5, 0.6) is 0 Å². The molecular weight excluding hydrogens is 466 g/mol. The van der Waals surface area contributed by atoms with E-state index in [1.54, 1.807) is 6.07 Å². The number of carbonyl (C=O) groups is 1. The molecule has 10 heteroatoms. The Morgan fingerprint density at radius 3 is 2.61 bits per heavy atom. The van der Waals surface area contributed by atoms with Gasteiger partial charge in [-0.25, -0.2) is 9.37 Å². The van der Waals surface area contributed by atoms with E-state index in [1.165, 1.54) is 6.07 Å². The van der Waals surface area contributed by atoms with Gasteiger partial charge in [-0.15, -0.1) is 0 Å². The van der Waals surface area contributed by atoms with Crippen LogP contribution in [0.15, 0.2) is 30.3 Å². The number of nitrogen functional groups attached to an aromatic ring is 1. The molecule has 0 unspecified atom stereocenters. The Hall–Kier alpha value is -3.63. The van der Waals surface area contributed by atoms with E-state index in [-0.39, 0.29) is 22.8 Å². The number of benzene rings is 2. The minimum absolute atomic E-state index is 0.0193. The summed E-state index contributed by atoms with van der Waals surface area (Å²) in [7, 11) is 3.95. The number of anilines is 2. The van der Waals surface area contributed by atoms with Gasteiger partial charge in [0, 0.05) is 43.0 Å². The highest BCUT2D eigenvalue weighted by Crippen LogP contribution is 2.33. The van der Waals surface area contributed by atoms with E-state index in [0.29, 0.717) is 49.4 Å². The van der Waals surface area contributed by atoms with Crippen LogP contribution < -0.4 is 16.0 Å². The number of morpholine rings is 1. The number of hydrogen-bond acceptors (Lipinski definition) is 7. The van der Waals surface area contributed by atoms with Crippen LogP contribution in [0.1, 0.15) is 21.5 Å². The average Bonchev–Trinajstić information content (AvgIpc) is 2.84. The van der Waals surface area contributed by atoms with E-state index >= 15 is 4.39 Å². The summed E-state index contributed by atoms with van der Waals surface area (Å²) >= 11 is 0. The Labute approximate surface area is 208 Å². The third-order valence-electron chi connectivity index (χ3n) is 6.42. The quantitative estimate of drug-likeness (QED) is 0.563. The summed E-state index contributed by atoms with van der Waals surface area (Å²) in [5.74, 6) is -2.07. The van der Waals surface area contributed by atoms with Crippen molar-refractivity contribution >= 4 is 17.4 Å². The molecule has 3 heterocycles. The normalized spacial score (nSPS) is 15.7. The summed E-state index contributed by atoms with van der Waals surface area (Å²) < 4.78 is 35.4. The van der Waals surface area contributed by atoms with Gasteiger partial charge in [-0.1, -0.05) is 6.07 Å². The molecule has 2 aliphatic heterocycles. The van der Waals surface area contributed by atoms with Gasteiger partial charge < -0.3 is 25.6 Å². The Morgan fingerprint density at radius 2 is 1.86 bits per heavy atom. The number of rotatable bonds is 5. The van der Waals surface area contributed by atoms with Crippen molar-refractivity contribution in [3.05, 3.63) is 58.8 Å². The van der Waals surface area contributed by atoms with Crippen molar-refractivity contribution in [2.24, 2.45) is 0 Å². The maximum Gasteiger partial charge on any atom is 0.254 e. The zero-order chi connectivity index (χ0) is 25.4. The van der Waals surface area contributed by atoms with Crippen molar-refractivity contribution in [3.8, 4) is 22.5 Å². The lowest BCUT2D eigenvalue weighted by molar-refractivity contribution is 0.0941. The molecule has 0 spiro atoms. The lowest BCUT2D eigenvalue weighted by Gasteiger charge is -2.31. The predicted molar refractivity (Wildman–Crippen MR) is 134 cm³/mol. The molecular formula is C26H28F2N6O2.